The number of carbonyl (C=O) groups is 2. The molecular weight excluding hydrogens is 545 g/mol. The highest BCUT2D eigenvalue weighted by atomic mass is 19.1. The number of phenols is 1. The minimum absolute atomic E-state index is 0.0705. The number of piperidine rings is 1. The predicted octanol–water partition coefficient (Wildman–Crippen LogP) is 6.43. The SMILES string of the molecule is O=C(Nc1ccccc1-c1ccccc1)OC1CCN(CCc2ccc(CCNC(=O)c3cccc(F)c3O)cc2)CC1. The van der Waals surface area contributed by atoms with Crippen molar-refractivity contribution in [1.29, 1.82) is 0 Å². The Kier molecular flexibility index (Phi) is 10.0. The zero-order valence-corrected chi connectivity index (χ0v) is 24.0. The summed E-state index contributed by atoms with van der Waals surface area (Å²) in [6, 6.07) is 29.9. The molecule has 7 nitrogen and oxygen atoms in total. The molecule has 1 aliphatic heterocycles. The van der Waals surface area contributed by atoms with Crippen LogP contribution in [-0.2, 0) is 17.6 Å². The summed E-state index contributed by atoms with van der Waals surface area (Å²) in [4.78, 5) is 27.3. The van der Waals surface area contributed by atoms with Crippen molar-refractivity contribution >= 4 is 17.7 Å². The third-order valence-corrected chi connectivity index (χ3v) is 7.73. The number of hydrogen-bond acceptors (Lipinski definition) is 5. The van der Waals surface area contributed by atoms with Crippen LogP contribution in [0.2, 0.25) is 0 Å². The maximum Gasteiger partial charge on any atom is 0.411 e. The Morgan fingerprint density at radius 2 is 1.51 bits per heavy atom. The molecule has 1 saturated heterocycles. The second-order valence-electron chi connectivity index (χ2n) is 10.7. The lowest BCUT2D eigenvalue weighted by Crippen LogP contribution is -2.39. The molecule has 3 N–H and O–H groups in total. The van der Waals surface area contributed by atoms with Gasteiger partial charge in [-0.15, -0.1) is 0 Å². The topological polar surface area (TPSA) is 90.9 Å². The lowest BCUT2D eigenvalue weighted by molar-refractivity contribution is 0.0593. The van der Waals surface area contributed by atoms with Crippen LogP contribution in [0.5, 0.6) is 5.75 Å². The highest BCUT2D eigenvalue weighted by Crippen LogP contribution is 2.28. The molecule has 0 spiro atoms. The van der Waals surface area contributed by atoms with E-state index in [0.717, 1.165) is 67.3 Å². The predicted molar refractivity (Wildman–Crippen MR) is 166 cm³/mol. The molecule has 0 unspecified atom stereocenters. The minimum Gasteiger partial charge on any atom is -0.504 e. The summed E-state index contributed by atoms with van der Waals surface area (Å²) in [7, 11) is 0. The average Bonchev–Trinajstić information content (AvgIpc) is 3.03. The molecule has 1 heterocycles. The lowest BCUT2D eigenvalue weighted by atomic mass is 10.0. The molecule has 0 saturated carbocycles. The van der Waals surface area contributed by atoms with Gasteiger partial charge in [0.2, 0.25) is 0 Å². The normalized spacial score (nSPS) is 13.8. The fraction of sp³-hybridized carbons (Fsp3) is 0.257. The number of nitrogens with one attached hydrogen (secondary N) is 2. The number of hydrogen-bond donors (Lipinski definition) is 3. The largest absolute Gasteiger partial charge is 0.504 e. The van der Waals surface area contributed by atoms with Gasteiger partial charge in [-0.3, -0.25) is 10.1 Å². The number of ether oxygens (including phenoxy) is 1. The Morgan fingerprint density at radius 3 is 2.26 bits per heavy atom. The van der Waals surface area contributed by atoms with Crippen molar-refractivity contribution in [2.75, 3.05) is 31.5 Å². The van der Waals surface area contributed by atoms with Gasteiger partial charge in [-0.1, -0.05) is 78.9 Å². The first-order valence-electron chi connectivity index (χ1n) is 14.6. The van der Waals surface area contributed by atoms with Gasteiger partial charge in [0.15, 0.2) is 11.6 Å². The Hall–Kier alpha value is -4.69. The van der Waals surface area contributed by atoms with E-state index < -0.39 is 23.6 Å². The summed E-state index contributed by atoms with van der Waals surface area (Å²) in [5.41, 5.74) is 4.96. The smallest absolute Gasteiger partial charge is 0.411 e. The molecule has 8 heteroatoms. The number of amides is 2. The molecule has 4 aromatic rings. The molecule has 5 rings (SSSR count). The molecule has 0 aliphatic carbocycles. The second-order valence-corrected chi connectivity index (χ2v) is 10.7. The molecule has 0 radical (unpaired) electrons. The molecule has 222 valence electrons. The minimum atomic E-state index is -0.815. The monoisotopic (exact) mass is 581 g/mol. The summed E-state index contributed by atoms with van der Waals surface area (Å²) in [5.74, 6) is -1.95. The quantitative estimate of drug-likeness (QED) is 0.201. The first-order valence-corrected chi connectivity index (χ1v) is 14.6. The summed E-state index contributed by atoms with van der Waals surface area (Å²) in [6.45, 7) is 3.05. The van der Waals surface area contributed by atoms with E-state index in [0.29, 0.717) is 13.0 Å². The van der Waals surface area contributed by atoms with Crippen molar-refractivity contribution in [1.82, 2.24) is 10.2 Å². The Morgan fingerprint density at radius 1 is 0.837 bits per heavy atom. The number of likely N-dealkylation sites (tertiary alicyclic amines) is 1. The van der Waals surface area contributed by atoms with Gasteiger partial charge in [0.1, 0.15) is 6.10 Å². The van der Waals surface area contributed by atoms with Crippen molar-refractivity contribution in [2.45, 2.75) is 31.8 Å². The molecule has 43 heavy (non-hydrogen) atoms. The summed E-state index contributed by atoms with van der Waals surface area (Å²) in [6.07, 6.45) is 2.61. The van der Waals surface area contributed by atoms with Crippen LogP contribution in [0.25, 0.3) is 11.1 Å². The third kappa shape index (κ3) is 8.20. The van der Waals surface area contributed by atoms with E-state index in [9.17, 15) is 19.1 Å². The highest BCUT2D eigenvalue weighted by molar-refractivity contribution is 5.96. The Balaban J connectivity index is 1.00. The molecule has 0 aromatic heterocycles. The van der Waals surface area contributed by atoms with Crippen LogP contribution in [0.15, 0.2) is 97.1 Å². The van der Waals surface area contributed by atoms with E-state index in [1.807, 2.05) is 54.6 Å². The number of benzene rings is 4. The van der Waals surface area contributed by atoms with E-state index in [4.69, 9.17) is 4.74 Å². The van der Waals surface area contributed by atoms with Crippen LogP contribution in [0.4, 0.5) is 14.9 Å². The zero-order valence-electron chi connectivity index (χ0n) is 24.0. The van der Waals surface area contributed by atoms with Gasteiger partial charge in [0, 0.05) is 31.7 Å². The molecule has 0 atom stereocenters. The Bertz CT molecular complexity index is 1520. The summed E-state index contributed by atoms with van der Waals surface area (Å²) >= 11 is 0. The molecule has 0 bridgehead atoms. The molecule has 1 aliphatic rings. The zero-order chi connectivity index (χ0) is 30.0. The Labute approximate surface area is 251 Å². The number of para-hydroxylation sites is 2. The van der Waals surface area contributed by atoms with Crippen LogP contribution in [0.1, 0.15) is 34.3 Å². The van der Waals surface area contributed by atoms with Crippen LogP contribution < -0.4 is 10.6 Å². The summed E-state index contributed by atoms with van der Waals surface area (Å²) < 4.78 is 19.2. The van der Waals surface area contributed by atoms with Gasteiger partial charge >= 0.3 is 6.09 Å². The van der Waals surface area contributed by atoms with Crippen molar-refractivity contribution in [3.8, 4) is 16.9 Å². The maximum absolute atomic E-state index is 13.5. The van der Waals surface area contributed by atoms with Crippen molar-refractivity contribution < 1.29 is 23.8 Å². The molecule has 4 aromatic carbocycles. The molecule has 2 amide bonds. The number of halogens is 1. The van der Waals surface area contributed by atoms with E-state index in [1.165, 1.54) is 17.7 Å². The van der Waals surface area contributed by atoms with Gasteiger partial charge in [0.25, 0.3) is 5.91 Å². The average molecular weight is 582 g/mol. The fourth-order valence-corrected chi connectivity index (χ4v) is 5.28. The van der Waals surface area contributed by atoms with Gasteiger partial charge < -0.3 is 20.1 Å². The van der Waals surface area contributed by atoms with Gasteiger partial charge in [-0.05, 0) is 60.6 Å². The van der Waals surface area contributed by atoms with Crippen LogP contribution in [0.3, 0.4) is 0 Å². The van der Waals surface area contributed by atoms with Crippen LogP contribution in [0, 0.1) is 5.82 Å². The molecular formula is C35H36FN3O4. The number of phenolic OH excluding ortho intramolecular Hbond substituents is 1. The molecule has 1 fully saturated rings. The maximum atomic E-state index is 13.5. The van der Waals surface area contributed by atoms with E-state index in [-0.39, 0.29) is 11.7 Å². The first kappa shape index (κ1) is 29.8. The van der Waals surface area contributed by atoms with Crippen molar-refractivity contribution in [3.05, 3.63) is 120 Å². The van der Waals surface area contributed by atoms with E-state index in [1.54, 1.807) is 0 Å². The highest BCUT2D eigenvalue weighted by Gasteiger charge is 2.22. The van der Waals surface area contributed by atoms with Crippen LogP contribution >= 0.6 is 0 Å². The summed E-state index contributed by atoms with van der Waals surface area (Å²) in [5, 5.41) is 15.4. The van der Waals surface area contributed by atoms with Crippen molar-refractivity contribution in [3.63, 3.8) is 0 Å². The van der Waals surface area contributed by atoms with E-state index >= 15 is 0 Å². The van der Waals surface area contributed by atoms with Gasteiger partial charge in [-0.25, -0.2) is 9.18 Å². The van der Waals surface area contributed by atoms with Gasteiger partial charge in [0.05, 0.1) is 11.3 Å². The number of aromatic hydroxyl groups is 1. The fourth-order valence-electron chi connectivity index (χ4n) is 5.28. The third-order valence-electron chi connectivity index (χ3n) is 7.73. The number of nitrogens with zero attached hydrogens (tertiary/aromatic N) is 1. The number of carbonyl (C=O) groups excluding carboxylic acids is 2. The lowest BCUT2D eigenvalue weighted by Gasteiger charge is -2.31. The standard InChI is InChI=1S/C35H36FN3O4/c36-31-11-6-10-30(33(31)40)34(41)37-21-17-25-13-15-26(16-14-25)18-22-39-23-19-28(20-24-39)43-35(42)38-32-12-5-4-9-29(32)27-7-2-1-3-8-27/h1-16,28,40H,17-24H2,(H,37,41)(H,38,42). The first-order chi connectivity index (χ1) is 21.0. The van der Waals surface area contributed by atoms with E-state index in [2.05, 4.69) is 39.8 Å². The second kappa shape index (κ2) is 14.5. The van der Waals surface area contributed by atoms with Gasteiger partial charge in [-0.2, -0.15) is 0 Å². The number of rotatable bonds is 10. The number of anilines is 1. The van der Waals surface area contributed by atoms with Crippen LogP contribution in [-0.4, -0.2) is 54.3 Å². The van der Waals surface area contributed by atoms with Crippen molar-refractivity contribution in [2.24, 2.45) is 0 Å².